The predicted octanol–water partition coefficient (Wildman–Crippen LogP) is 4.54. The maximum atomic E-state index is 14.1. The van der Waals surface area contributed by atoms with Crippen LogP contribution in [0.4, 0.5) is 8.78 Å². The Kier molecular flexibility index (Phi) is 4.48. The summed E-state index contributed by atoms with van der Waals surface area (Å²) in [7, 11) is 0. The zero-order chi connectivity index (χ0) is 16.6. The highest BCUT2D eigenvalue weighted by Gasteiger charge is 2.35. The van der Waals surface area contributed by atoms with E-state index in [9.17, 15) is 8.78 Å². The lowest BCUT2D eigenvalue weighted by Crippen LogP contribution is -2.27. The number of benzene rings is 1. The molecule has 0 amide bonds. The highest BCUT2D eigenvalue weighted by molar-refractivity contribution is 5.25. The van der Waals surface area contributed by atoms with Crippen molar-refractivity contribution in [1.29, 1.82) is 0 Å². The van der Waals surface area contributed by atoms with Gasteiger partial charge in [-0.05, 0) is 57.7 Å². The molecule has 124 valence electrons. The number of aromatic nitrogens is 2. The van der Waals surface area contributed by atoms with Gasteiger partial charge >= 0.3 is 0 Å². The molecule has 0 aliphatic heterocycles. The van der Waals surface area contributed by atoms with Crippen LogP contribution in [0.25, 0.3) is 0 Å². The van der Waals surface area contributed by atoms with Gasteiger partial charge in [-0.1, -0.05) is 0 Å². The molecular formula is C18H23F2N3. The van der Waals surface area contributed by atoms with Crippen molar-refractivity contribution in [1.82, 2.24) is 15.1 Å². The minimum Gasteiger partial charge on any atom is -0.303 e. The zero-order valence-corrected chi connectivity index (χ0v) is 13.8. The maximum Gasteiger partial charge on any atom is 0.128 e. The summed E-state index contributed by atoms with van der Waals surface area (Å²) in [5.74, 6) is -0.371. The Morgan fingerprint density at radius 3 is 2.57 bits per heavy atom. The van der Waals surface area contributed by atoms with Gasteiger partial charge < -0.3 is 5.32 Å². The molecule has 1 heterocycles. The predicted molar refractivity (Wildman–Crippen MR) is 86.0 cm³/mol. The van der Waals surface area contributed by atoms with Crippen LogP contribution in [0.15, 0.2) is 30.6 Å². The molecule has 2 atom stereocenters. The van der Waals surface area contributed by atoms with Crippen molar-refractivity contribution in [2.45, 2.75) is 51.7 Å². The first kappa shape index (κ1) is 16.1. The summed E-state index contributed by atoms with van der Waals surface area (Å²) in [6, 6.07) is 3.85. The number of hydrogen-bond acceptors (Lipinski definition) is 2. The van der Waals surface area contributed by atoms with E-state index in [2.05, 4.69) is 24.3 Å². The molecule has 5 heteroatoms. The van der Waals surface area contributed by atoms with Crippen LogP contribution >= 0.6 is 0 Å². The minimum absolute atomic E-state index is 0.0239. The quantitative estimate of drug-likeness (QED) is 0.847. The number of halogens is 2. The fourth-order valence-electron chi connectivity index (χ4n) is 2.89. The average Bonchev–Trinajstić information content (AvgIpc) is 3.22. The van der Waals surface area contributed by atoms with Crippen LogP contribution in [-0.4, -0.2) is 9.78 Å². The molecule has 23 heavy (non-hydrogen) atoms. The van der Waals surface area contributed by atoms with Gasteiger partial charge in [0.15, 0.2) is 0 Å². The van der Waals surface area contributed by atoms with Gasteiger partial charge in [-0.15, -0.1) is 0 Å². The number of hydrogen-bond donors (Lipinski definition) is 1. The molecule has 1 aliphatic carbocycles. The van der Waals surface area contributed by atoms with Crippen molar-refractivity contribution in [3.05, 3.63) is 53.4 Å². The van der Waals surface area contributed by atoms with Gasteiger partial charge in [0.2, 0.25) is 0 Å². The molecule has 1 fully saturated rings. The zero-order valence-electron chi connectivity index (χ0n) is 13.8. The molecule has 1 aliphatic rings. The summed E-state index contributed by atoms with van der Waals surface area (Å²) in [5.41, 5.74) is 1.48. The van der Waals surface area contributed by atoms with Gasteiger partial charge in [0, 0.05) is 35.4 Å². The van der Waals surface area contributed by atoms with E-state index in [0.29, 0.717) is 17.5 Å². The summed E-state index contributed by atoms with van der Waals surface area (Å²) in [6.07, 6.45) is 5.94. The van der Waals surface area contributed by atoms with E-state index in [1.54, 1.807) is 0 Å². The summed E-state index contributed by atoms with van der Waals surface area (Å²) in [4.78, 5) is 0. The van der Waals surface area contributed by atoms with Gasteiger partial charge in [0.25, 0.3) is 0 Å². The monoisotopic (exact) mass is 319 g/mol. The lowest BCUT2D eigenvalue weighted by Gasteiger charge is -2.23. The fourth-order valence-corrected chi connectivity index (χ4v) is 2.89. The Balaban J connectivity index is 1.80. The molecule has 1 N–H and O–H groups in total. The number of rotatable bonds is 6. The van der Waals surface area contributed by atoms with Gasteiger partial charge in [0.1, 0.15) is 11.6 Å². The van der Waals surface area contributed by atoms with Gasteiger partial charge in [0.05, 0.1) is 6.20 Å². The molecule has 3 nitrogen and oxygen atoms in total. The summed E-state index contributed by atoms with van der Waals surface area (Å²) >= 11 is 0. The van der Waals surface area contributed by atoms with Crippen molar-refractivity contribution < 1.29 is 8.78 Å². The van der Waals surface area contributed by atoms with E-state index < -0.39 is 5.82 Å². The van der Waals surface area contributed by atoms with Crippen LogP contribution in [0.1, 0.15) is 62.9 Å². The molecular weight excluding hydrogens is 296 g/mol. The first-order chi connectivity index (χ1) is 11.0. The molecule has 1 saturated carbocycles. The molecule has 3 rings (SSSR count). The molecule has 0 radical (unpaired) electrons. The van der Waals surface area contributed by atoms with Gasteiger partial charge in [-0.2, -0.15) is 5.10 Å². The summed E-state index contributed by atoms with van der Waals surface area (Å²) in [5, 5.41) is 7.82. The molecule has 0 bridgehead atoms. The van der Waals surface area contributed by atoms with E-state index >= 15 is 0 Å². The Bertz CT molecular complexity index is 677. The standard InChI is InChI=1S/C18H23F2N3/c1-11(2)23-10-14(9-21-23)12(3)22-18(13-4-5-13)16-8-15(19)6-7-17(16)20/h6-13,18,22H,4-5H2,1-3H3. The van der Waals surface area contributed by atoms with E-state index in [1.165, 1.54) is 18.2 Å². The highest BCUT2D eigenvalue weighted by atomic mass is 19.1. The minimum atomic E-state index is -0.394. The van der Waals surface area contributed by atoms with E-state index in [4.69, 9.17) is 0 Å². The Hall–Kier alpha value is -1.75. The van der Waals surface area contributed by atoms with Crippen molar-refractivity contribution in [3.63, 3.8) is 0 Å². The topological polar surface area (TPSA) is 29.9 Å². The summed E-state index contributed by atoms with van der Waals surface area (Å²) < 4.78 is 29.6. The van der Waals surface area contributed by atoms with Crippen LogP contribution in [0, 0.1) is 17.6 Å². The Morgan fingerprint density at radius 2 is 1.96 bits per heavy atom. The van der Waals surface area contributed by atoms with E-state index in [-0.39, 0.29) is 17.9 Å². The summed E-state index contributed by atoms with van der Waals surface area (Å²) in [6.45, 7) is 6.18. The van der Waals surface area contributed by atoms with Crippen molar-refractivity contribution >= 4 is 0 Å². The van der Waals surface area contributed by atoms with Crippen molar-refractivity contribution in [2.75, 3.05) is 0 Å². The third-order valence-corrected chi connectivity index (χ3v) is 4.47. The first-order valence-electron chi connectivity index (χ1n) is 8.20. The van der Waals surface area contributed by atoms with Gasteiger partial charge in [-0.3, -0.25) is 4.68 Å². The van der Waals surface area contributed by atoms with E-state index in [1.807, 2.05) is 24.0 Å². The number of nitrogens with one attached hydrogen (secondary N) is 1. The second kappa shape index (κ2) is 6.40. The molecule has 2 aromatic rings. The molecule has 0 spiro atoms. The normalized spacial score (nSPS) is 17.5. The second-order valence-corrected chi connectivity index (χ2v) is 6.72. The Morgan fingerprint density at radius 1 is 1.22 bits per heavy atom. The fraction of sp³-hybridized carbons (Fsp3) is 0.500. The largest absolute Gasteiger partial charge is 0.303 e. The first-order valence-corrected chi connectivity index (χ1v) is 8.20. The average molecular weight is 319 g/mol. The number of nitrogens with zero attached hydrogens (tertiary/aromatic N) is 2. The van der Waals surface area contributed by atoms with Crippen LogP contribution in [0.5, 0.6) is 0 Å². The lowest BCUT2D eigenvalue weighted by molar-refractivity contribution is 0.409. The van der Waals surface area contributed by atoms with Crippen molar-refractivity contribution in [2.24, 2.45) is 5.92 Å². The lowest BCUT2D eigenvalue weighted by atomic mass is 9.99. The van der Waals surface area contributed by atoms with Crippen LogP contribution in [0.3, 0.4) is 0 Å². The Labute approximate surface area is 135 Å². The maximum absolute atomic E-state index is 14.1. The van der Waals surface area contributed by atoms with Crippen molar-refractivity contribution in [3.8, 4) is 0 Å². The third kappa shape index (κ3) is 3.61. The van der Waals surface area contributed by atoms with Crippen LogP contribution in [0.2, 0.25) is 0 Å². The molecule has 1 aromatic carbocycles. The van der Waals surface area contributed by atoms with E-state index in [0.717, 1.165) is 18.4 Å². The van der Waals surface area contributed by atoms with Gasteiger partial charge in [-0.25, -0.2) is 8.78 Å². The van der Waals surface area contributed by atoms with Crippen LogP contribution < -0.4 is 5.32 Å². The van der Waals surface area contributed by atoms with Crippen LogP contribution in [-0.2, 0) is 0 Å². The second-order valence-electron chi connectivity index (χ2n) is 6.72. The smallest absolute Gasteiger partial charge is 0.128 e. The molecule has 2 unspecified atom stereocenters. The highest BCUT2D eigenvalue weighted by Crippen LogP contribution is 2.43. The SMILES string of the molecule is CC(NC(c1cc(F)ccc1F)C1CC1)c1cnn(C(C)C)c1. The molecule has 1 aromatic heterocycles. The molecule has 0 saturated heterocycles. The third-order valence-electron chi connectivity index (χ3n) is 4.47.